The van der Waals surface area contributed by atoms with Gasteiger partial charge in [0.1, 0.15) is 23.0 Å². The van der Waals surface area contributed by atoms with Crippen LogP contribution in [-0.4, -0.2) is 79.8 Å². The smallest absolute Gasteiger partial charge is 0.343 e. The maximum atomic E-state index is 12.1. The molecule has 2 aromatic heterocycles. The van der Waals surface area contributed by atoms with Gasteiger partial charge in [0, 0.05) is 45.5 Å². The Morgan fingerprint density at radius 1 is 0.646 bits per heavy atom. The van der Waals surface area contributed by atoms with Crippen LogP contribution in [0.3, 0.4) is 0 Å². The first kappa shape index (κ1) is 39.6. The average molecular weight is 675 g/mol. The van der Waals surface area contributed by atoms with Crippen molar-refractivity contribution in [3.63, 3.8) is 0 Å². The number of aromatic amines is 2. The summed E-state index contributed by atoms with van der Waals surface area (Å²) in [5, 5.41) is 40.0. The lowest BCUT2D eigenvalue weighted by atomic mass is 9.98. The number of rotatable bonds is 12. The highest BCUT2D eigenvalue weighted by Gasteiger charge is 2.22. The second-order valence-electron chi connectivity index (χ2n) is 11.9. The molecule has 15 heteroatoms. The largest absolute Gasteiger partial charge is 0.508 e. The molecule has 266 valence electrons. The number of nitrogens with one attached hydrogen (secondary N) is 2. The lowest BCUT2D eigenvalue weighted by molar-refractivity contribution is 0.0457. The number of aromatic nitrogens is 6. The van der Waals surface area contributed by atoms with Gasteiger partial charge in [-0.1, -0.05) is 27.7 Å². The minimum absolute atomic E-state index is 0.0372. The van der Waals surface area contributed by atoms with Crippen molar-refractivity contribution in [2.45, 2.75) is 79.3 Å². The van der Waals surface area contributed by atoms with Crippen LogP contribution in [0.1, 0.15) is 90.4 Å². The SMILES string of the molecule is CC(C)c1cc(-c2n[nH]c(=O)n2C(C)C)c(O)cc1O.CO.COCOc1cc(OCOC)c(C(C)C)cc1-c1n[nH]c(=O)n1C(C)C. The maximum Gasteiger partial charge on any atom is 0.343 e. The first-order chi connectivity index (χ1) is 22.7. The van der Waals surface area contributed by atoms with Gasteiger partial charge in [-0.15, -0.1) is 0 Å². The van der Waals surface area contributed by atoms with Crippen molar-refractivity contribution in [2.24, 2.45) is 0 Å². The summed E-state index contributed by atoms with van der Waals surface area (Å²) in [4.78, 5) is 23.9. The molecule has 0 aliphatic carbocycles. The Kier molecular flexibility index (Phi) is 14.9. The fourth-order valence-electron chi connectivity index (χ4n) is 4.88. The van der Waals surface area contributed by atoms with Gasteiger partial charge in [0.05, 0.1) is 11.1 Å². The van der Waals surface area contributed by atoms with Crippen molar-refractivity contribution in [3.8, 4) is 45.8 Å². The van der Waals surface area contributed by atoms with Crippen molar-refractivity contribution in [3.05, 3.63) is 56.4 Å². The van der Waals surface area contributed by atoms with Crippen LogP contribution in [0.4, 0.5) is 0 Å². The van der Waals surface area contributed by atoms with Crippen LogP contribution in [0.25, 0.3) is 22.8 Å². The van der Waals surface area contributed by atoms with Crippen LogP contribution >= 0.6 is 0 Å². The number of aromatic hydroxyl groups is 2. The lowest BCUT2D eigenvalue weighted by Gasteiger charge is -2.19. The number of H-pyrrole nitrogens is 2. The molecule has 0 spiro atoms. The molecule has 0 bridgehead atoms. The predicted molar refractivity (Wildman–Crippen MR) is 182 cm³/mol. The van der Waals surface area contributed by atoms with E-state index in [1.165, 1.54) is 10.6 Å². The van der Waals surface area contributed by atoms with Gasteiger partial charge in [0.15, 0.2) is 25.2 Å². The molecule has 0 radical (unpaired) electrons. The van der Waals surface area contributed by atoms with Gasteiger partial charge in [-0.2, -0.15) is 10.2 Å². The van der Waals surface area contributed by atoms with Crippen LogP contribution in [-0.2, 0) is 9.47 Å². The molecule has 0 fully saturated rings. The van der Waals surface area contributed by atoms with E-state index in [-0.39, 0.29) is 60.4 Å². The summed E-state index contributed by atoms with van der Waals surface area (Å²) in [5.74, 6) is 2.26. The summed E-state index contributed by atoms with van der Waals surface area (Å²) in [6.07, 6.45) is 0. The molecule has 0 atom stereocenters. The van der Waals surface area contributed by atoms with Crippen LogP contribution < -0.4 is 20.9 Å². The third-order valence-corrected chi connectivity index (χ3v) is 7.09. The highest BCUT2D eigenvalue weighted by molar-refractivity contribution is 5.69. The van der Waals surface area contributed by atoms with Crippen LogP contribution in [0.5, 0.6) is 23.0 Å². The van der Waals surface area contributed by atoms with E-state index in [1.54, 1.807) is 30.9 Å². The van der Waals surface area contributed by atoms with Crippen molar-refractivity contribution < 1.29 is 34.3 Å². The minimum Gasteiger partial charge on any atom is -0.508 e. The zero-order valence-corrected chi connectivity index (χ0v) is 29.6. The summed E-state index contributed by atoms with van der Waals surface area (Å²) >= 11 is 0. The second kappa shape index (κ2) is 18.1. The normalized spacial score (nSPS) is 11.1. The number of hydrogen-bond donors (Lipinski definition) is 5. The summed E-state index contributed by atoms with van der Waals surface area (Å²) < 4.78 is 24.5. The zero-order valence-electron chi connectivity index (χ0n) is 29.6. The van der Waals surface area contributed by atoms with E-state index in [2.05, 4.69) is 34.2 Å². The third kappa shape index (κ3) is 9.27. The summed E-state index contributed by atoms with van der Waals surface area (Å²) in [6, 6.07) is 6.53. The number of ether oxygens (including phenoxy) is 4. The first-order valence-corrected chi connectivity index (χ1v) is 15.5. The van der Waals surface area contributed by atoms with Crippen LogP contribution in [0.15, 0.2) is 33.9 Å². The Morgan fingerprint density at radius 3 is 1.52 bits per heavy atom. The number of hydrogen-bond acceptors (Lipinski definition) is 11. The zero-order chi connectivity index (χ0) is 36.3. The monoisotopic (exact) mass is 674 g/mol. The highest BCUT2D eigenvalue weighted by Crippen LogP contribution is 2.39. The van der Waals surface area contributed by atoms with Gasteiger partial charge >= 0.3 is 11.4 Å². The van der Waals surface area contributed by atoms with E-state index in [9.17, 15) is 19.8 Å². The van der Waals surface area contributed by atoms with Gasteiger partial charge in [0.25, 0.3) is 0 Å². The molecule has 2 aromatic carbocycles. The fourth-order valence-corrected chi connectivity index (χ4v) is 4.88. The molecule has 0 aliphatic rings. The van der Waals surface area contributed by atoms with Gasteiger partial charge in [-0.05, 0) is 62.8 Å². The average Bonchev–Trinajstić information content (AvgIpc) is 3.62. The molecule has 2 heterocycles. The molecule has 0 aliphatic heterocycles. The van der Waals surface area contributed by atoms with Gasteiger partial charge in [-0.25, -0.2) is 19.8 Å². The third-order valence-electron chi connectivity index (χ3n) is 7.09. The molecule has 15 nitrogen and oxygen atoms in total. The van der Waals surface area contributed by atoms with E-state index in [0.29, 0.717) is 39.8 Å². The minimum atomic E-state index is -0.325. The first-order valence-electron chi connectivity index (χ1n) is 15.5. The van der Waals surface area contributed by atoms with E-state index in [4.69, 9.17) is 24.1 Å². The number of benzene rings is 2. The summed E-state index contributed by atoms with van der Waals surface area (Å²) in [7, 11) is 4.11. The van der Waals surface area contributed by atoms with Gasteiger partial charge < -0.3 is 34.3 Å². The molecule has 4 rings (SSSR count). The molecule has 0 unspecified atom stereocenters. The van der Waals surface area contributed by atoms with E-state index in [0.717, 1.165) is 12.7 Å². The van der Waals surface area contributed by atoms with Gasteiger partial charge in [0.2, 0.25) is 0 Å². The van der Waals surface area contributed by atoms with Crippen molar-refractivity contribution in [1.29, 1.82) is 0 Å². The number of nitrogens with zero attached hydrogens (tertiary/aromatic N) is 4. The predicted octanol–water partition coefficient (Wildman–Crippen LogP) is 4.87. The van der Waals surface area contributed by atoms with E-state index < -0.39 is 0 Å². The van der Waals surface area contributed by atoms with Crippen molar-refractivity contribution in [1.82, 2.24) is 29.5 Å². The Hall–Kier alpha value is -4.60. The van der Waals surface area contributed by atoms with Crippen molar-refractivity contribution >= 4 is 0 Å². The number of phenolic OH excluding ortho intramolecular Hbond substituents is 2. The topological polar surface area (TPSA) is 199 Å². The number of phenols is 2. The molecular formula is C33H50N6O9. The number of methoxy groups -OCH3 is 2. The molecule has 5 N–H and O–H groups in total. The number of aliphatic hydroxyl groups excluding tert-OH is 1. The van der Waals surface area contributed by atoms with Crippen molar-refractivity contribution in [2.75, 3.05) is 34.9 Å². The lowest BCUT2D eigenvalue weighted by Crippen LogP contribution is -2.19. The molecule has 0 amide bonds. The fraction of sp³-hybridized carbons (Fsp3) is 0.515. The molecule has 4 aromatic rings. The standard InChI is InChI=1S/C18H27N3O5.C14H19N3O3.CH4O/c1-11(2)13-7-14(17-19-20-18(22)21(17)12(3)4)16(26-10-24-6)8-15(13)25-9-23-5;1-7(2)9-5-10(12(19)6-11(9)18)13-15-16-14(20)17(13)8(3)4;1-2/h7-8,11-12H,9-10H2,1-6H3,(H,20,22);5-8,18-19H,1-4H3,(H,16,20);2H,1H3. The molecular weight excluding hydrogens is 624 g/mol. The highest BCUT2D eigenvalue weighted by atomic mass is 16.7. The Morgan fingerprint density at radius 2 is 1.08 bits per heavy atom. The Balaban J connectivity index is 0.000000327. The van der Waals surface area contributed by atoms with Crippen LogP contribution in [0.2, 0.25) is 0 Å². The summed E-state index contributed by atoms with van der Waals surface area (Å²) in [6.45, 7) is 15.8. The van der Waals surface area contributed by atoms with Crippen LogP contribution in [0, 0.1) is 0 Å². The molecule has 0 saturated carbocycles. The second-order valence-corrected chi connectivity index (χ2v) is 11.9. The van der Waals surface area contributed by atoms with Gasteiger partial charge in [-0.3, -0.25) is 9.13 Å². The Labute approximate surface area is 280 Å². The molecule has 0 saturated heterocycles. The Bertz CT molecular complexity index is 1720. The quantitative estimate of drug-likeness (QED) is 0.128. The van der Waals surface area contributed by atoms with E-state index in [1.807, 2.05) is 47.6 Å². The summed E-state index contributed by atoms with van der Waals surface area (Å²) in [5.41, 5.74) is 2.20. The van der Waals surface area contributed by atoms with E-state index >= 15 is 0 Å². The molecule has 48 heavy (non-hydrogen) atoms. The maximum absolute atomic E-state index is 12.1. The number of aliphatic hydroxyl groups is 1.